The molecule has 6 aliphatic heterocycles. The molecule has 0 spiro atoms. The highest BCUT2D eigenvalue weighted by molar-refractivity contribution is 7.80. The van der Waals surface area contributed by atoms with Crippen LogP contribution in [0.15, 0.2) is 185 Å². The van der Waals surface area contributed by atoms with E-state index in [-0.39, 0.29) is 155 Å². The average molecular weight is 2140 g/mol. The van der Waals surface area contributed by atoms with Gasteiger partial charge in [-0.25, -0.2) is 19.9 Å². The maximum atomic E-state index is 13.7. The van der Waals surface area contributed by atoms with Gasteiger partial charge in [0.15, 0.2) is 23.1 Å². The molecule has 149 heavy (non-hydrogen) atoms. The summed E-state index contributed by atoms with van der Waals surface area (Å²) in [6, 6.07) is 43.4. The van der Waals surface area contributed by atoms with Crippen LogP contribution in [0.4, 0.5) is 0 Å². The summed E-state index contributed by atoms with van der Waals surface area (Å²) < 4.78 is 0. The lowest BCUT2D eigenvalue weighted by Crippen LogP contribution is -2.56. The van der Waals surface area contributed by atoms with Crippen molar-refractivity contribution in [3.8, 4) is 41.8 Å². The molecule has 0 radical (unpaired) electrons. The summed E-state index contributed by atoms with van der Waals surface area (Å²) >= 11 is 12.1. The van der Waals surface area contributed by atoms with Gasteiger partial charge in [0, 0.05) is 125 Å². The highest BCUT2D eigenvalue weighted by atomic mass is 32.1. The highest BCUT2D eigenvalue weighted by Gasteiger charge is 2.50. The molecule has 8 amide bonds. The van der Waals surface area contributed by atoms with Crippen LogP contribution in [0, 0.1) is 39.5 Å². The number of nitrogens with one attached hydrogen (secondary N) is 2. The molecule has 4 fully saturated rings. The van der Waals surface area contributed by atoms with Crippen LogP contribution in [0.2, 0.25) is 0 Å². The second-order valence-corrected chi connectivity index (χ2v) is 44.8. The Kier molecular flexibility index (Phi) is 39.5. The van der Waals surface area contributed by atoms with Crippen molar-refractivity contribution in [1.29, 1.82) is 0 Å². The molecule has 6 aromatic carbocycles. The van der Waals surface area contributed by atoms with Crippen molar-refractivity contribution in [2.75, 3.05) is 31.9 Å². The molecule has 6 aliphatic rings. The van der Waals surface area contributed by atoms with Crippen molar-refractivity contribution in [3.63, 3.8) is 0 Å². The summed E-state index contributed by atoms with van der Waals surface area (Å²) in [5, 5.41) is 69.5. The number of ketones is 4. The van der Waals surface area contributed by atoms with Crippen LogP contribution >= 0.6 is 69.3 Å². The third-order valence-electron chi connectivity index (χ3n) is 28.1. The maximum Gasteiger partial charge on any atom is 0.255 e. The van der Waals surface area contributed by atoms with Crippen molar-refractivity contribution in [2.24, 2.45) is 11.8 Å². The number of thiazole rings is 4. The van der Waals surface area contributed by atoms with Crippen LogP contribution in [0.25, 0.3) is 41.8 Å². The highest BCUT2D eigenvalue weighted by Crippen LogP contribution is 2.38. The third kappa shape index (κ3) is 28.5. The van der Waals surface area contributed by atoms with Crippen LogP contribution in [0.3, 0.4) is 0 Å². The number of likely N-dealkylation sites (tertiary alicyclic amines) is 4. The topological polar surface area (TPSA) is 421 Å². The van der Waals surface area contributed by atoms with E-state index in [1.54, 1.807) is 69.6 Å². The lowest BCUT2D eigenvalue weighted by molar-refractivity contribution is -0.144. The van der Waals surface area contributed by atoms with E-state index in [1.165, 1.54) is 54.6 Å². The zero-order valence-electron chi connectivity index (χ0n) is 85.4. The number of fused-ring (bicyclic) bond motifs is 2. The molecule has 5 aromatic heterocycles. The van der Waals surface area contributed by atoms with E-state index in [0.717, 1.165) is 109 Å². The lowest BCUT2D eigenvalue weighted by Gasteiger charge is -2.34. The number of thiol groups is 1. The molecular weight excluding hydrogens is 2010 g/mol. The minimum Gasteiger partial charge on any atom is -0.391 e. The predicted molar refractivity (Wildman–Crippen MR) is 580 cm³/mol. The molecule has 0 bridgehead atoms. The van der Waals surface area contributed by atoms with Crippen LogP contribution in [-0.2, 0) is 86.7 Å². The number of amides is 8. The van der Waals surface area contributed by atoms with Gasteiger partial charge in [0.1, 0.15) is 24.2 Å². The normalized spacial score (nSPS) is 19.4. The Morgan fingerprint density at radius 2 is 0.705 bits per heavy atom. The average Bonchev–Trinajstić information content (AvgIpc) is 1.60. The van der Waals surface area contributed by atoms with Gasteiger partial charge in [-0.2, -0.15) is 12.6 Å². The molecule has 36 heteroatoms. The number of aliphatic hydroxyl groups is 6. The first-order valence-corrected chi connectivity index (χ1v) is 55.8. The molecule has 14 atom stereocenters. The van der Waals surface area contributed by atoms with Crippen LogP contribution in [0.1, 0.15) is 206 Å². The van der Waals surface area contributed by atoms with Gasteiger partial charge in [-0.05, 0) is 171 Å². The maximum absolute atomic E-state index is 13.7. The Labute approximate surface area is 894 Å². The monoisotopic (exact) mass is 2140 g/mol. The fourth-order valence-electron chi connectivity index (χ4n) is 19.9. The van der Waals surface area contributed by atoms with Gasteiger partial charge in [0.2, 0.25) is 29.5 Å². The quantitative estimate of drug-likeness (QED) is 0.0162. The number of benzene rings is 6. The van der Waals surface area contributed by atoms with E-state index in [9.17, 15) is 88.2 Å². The summed E-state index contributed by atoms with van der Waals surface area (Å²) in [4.78, 5) is 189. The summed E-state index contributed by atoms with van der Waals surface area (Å²) in [7, 11) is 0. The summed E-state index contributed by atoms with van der Waals surface area (Å²) in [6.45, 7) is 19.6. The Balaban J connectivity index is 0.000000157. The van der Waals surface area contributed by atoms with Gasteiger partial charge < -0.3 is 70.7 Å². The number of nitrogens with zero attached hydrogens (tertiary/aromatic N) is 10. The minimum absolute atomic E-state index is 0.00320. The van der Waals surface area contributed by atoms with Crippen molar-refractivity contribution < 1.29 is 88.2 Å². The van der Waals surface area contributed by atoms with E-state index in [4.69, 9.17) is 0 Å². The number of thiophene rings is 1. The number of hydrogen-bond donors (Lipinski definition) is 9. The SMILES string of the molecule is Cc1ncsc1-c1ccc(CCC(=O)[C@@H]2C[C@@H](O)CN2C(=O)[C@@H](NC(=O)CCC(C)C)[C@H](C)O)cc1.Cc1ncsc1-c1ccc(CCC(=O)[C@@H]2C[C@@H](O)CN2C(=O)[C@@H](NC(=O)CCC(C)C)c2cccs2)cc1.Cc1ncsc1-c1ccc(CCC(=O)[C@@H]2C[C@@H](O)CN2C(=O)[C@H](CS)N2Cc3ccccc3C2=O)cc1.Cc1ncsc1-c1ccc(CCC(=O)[C@@H]2C[C@@H](O)CN2C(=O)[C@H]([C@H](C)O)N2Cc3ccccc3C2=O)cc1. The van der Waals surface area contributed by atoms with Crippen LogP contribution < -0.4 is 10.6 Å². The number of aryl methyl sites for hydroxylation is 8. The molecule has 0 saturated carbocycles. The van der Waals surface area contributed by atoms with Crippen molar-refractivity contribution in [2.45, 2.75) is 270 Å². The fraction of sp³-hybridized carbons (Fsp3) is 0.434. The second kappa shape index (κ2) is 52.2. The Morgan fingerprint density at radius 3 is 1.01 bits per heavy atom. The Morgan fingerprint density at radius 1 is 0.383 bits per heavy atom. The molecule has 788 valence electrons. The third-order valence-corrected chi connectivity index (χ3v) is 33.3. The smallest absolute Gasteiger partial charge is 0.255 e. The molecule has 8 N–H and O–H groups in total. The van der Waals surface area contributed by atoms with E-state index in [2.05, 4.69) is 43.2 Å². The number of β-amino-alcohol motifs (C(OH)–C–C–N with tert-alkyl or cyclic N) is 4. The molecular formula is C113H132N12O18S6. The van der Waals surface area contributed by atoms with Crippen LogP contribution in [0.5, 0.6) is 0 Å². The number of Topliss-reactive ketones (excluding diaryl/α,β-unsaturated/α-hetero) is 4. The molecule has 4 saturated heterocycles. The van der Waals surface area contributed by atoms with Gasteiger partial charge >= 0.3 is 0 Å². The van der Waals surface area contributed by atoms with Gasteiger partial charge in [-0.15, -0.1) is 56.7 Å². The molecule has 30 nitrogen and oxygen atoms in total. The standard InChI is InChI=1S/C29H31N3O5S.C29H35N3O4S2.C28H29N3O4S2.C27H37N3O5S/c1-17-27(38-16-30-17)20-10-7-19(8-11-20)9-12-25(35)24-13-22(34)15-31(24)29(37)26(18(2)33)32-14-21-5-3-4-6-23(21)28(32)36;1-18(2)6-13-26(35)31-27(25-5-4-14-37-25)29(36)32-16-22(33)15-23(32)24(34)12-9-20-7-10-21(11-8-20)28-19(3)30-17-38-28;1-17-26(37-16-29-17)19-9-6-18(7-10-19)8-11-25(33)23-12-21(32)14-31(23)28(35)24(15-36)30-13-20-4-2-3-5-22(20)27(30)34;1-16(2)5-12-24(34)29-25(18(4)31)27(35)30-14-21(32)13-22(30)23(33)11-8-19-6-9-20(10-7-19)26-17(3)28-15-36-26/h3-8,10-11,16,18,22,24,26,33-34H,9,12-15H2,1-2H3;4-5,7-8,10-11,14,17-18,22-23,27,33H,6,9,12-13,15-16H2,1-3H3,(H,31,35);2-7,9-10,16,21,23-24,32,36H,8,11-15H2,1H3;6-7,9-10,15-16,18,21-22,25,31-32H,5,8,11-14H2,1-4H3,(H,29,34)/t18-,22+,24-,26-;22-,23+,27+;21-,23+,24+;18-,21+,22-,25-/m0110/s1. The van der Waals surface area contributed by atoms with Gasteiger partial charge in [-0.1, -0.05) is 167 Å². The Bertz CT molecular complexity index is 6500. The number of carbonyl (C=O) groups excluding carboxylic acids is 12. The van der Waals surface area contributed by atoms with Crippen molar-refractivity contribution in [1.82, 2.24) is 60.0 Å². The predicted octanol–water partition coefficient (Wildman–Crippen LogP) is 14.3. The summed E-state index contributed by atoms with van der Waals surface area (Å²) in [5.74, 6) is -2.36. The first-order valence-electron chi connectivity index (χ1n) is 50.8. The fourth-order valence-corrected chi connectivity index (χ4v) is 24.2. The molecule has 11 aromatic rings. The zero-order chi connectivity index (χ0) is 107. The summed E-state index contributed by atoms with van der Waals surface area (Å²) in [5.41, 5.74) is 22.5. The molecule has 0 aliphatic carbocycles. The van der Waals surface area contributed by atoms with Gasteiger partial charge in [0.05, 0.1) is 125 Å². The van der Waals surface area contributed by atoms with E-state index in [0.29, 0.717) is 68.0 Å². The van der Waals surface area contributed by atoms with Gasteiger partial charge in [-0.3, -0.25) is 57.5 Å². The number of carbonyl (C=O) groups is 12. The number of rotatable bonds is 38. The minimum atomic E-state index is -1.16. The molecule has 17 rings (SSSR count). The first kappa shape index (κ1) is 113. The van der Waals surface area contributed by atoms with E-state index in [1.807, 2.05) is 216 Å². The number of aliphatic hydroxyl groups excluding tert-OH is 6. The second-order valence-electron chi connectivity index (χ2n) is 40.0. The molecule has 11 heterocycles. The lowest BCUT2D eigenvalue weighted by atomic mass is 9.99. The largest absolute Gasteiger partial charge is 0.391 e. The zero-order valence-corrected chi connectivity index (χ0v) is 90.4. The van der Waals surface area contributed by atoms with E-state index >= 15 is 0 Å². The van der Waals surface area contributed by atoms with Crippen LogP contribution in [-0.4, -0.2) is 261 Å². The summed E-state index contributed by atoms with van der Waals surface area (Å²) in [6.07, 6.45) is 0.325. The number of hydrogen-bond acceptors (Lipinski definition) is 28. The Hall–Kier alpha value is -11.9. The number of aromatic nitrogens is 4. The van der Waals surface area contributed by atoms with E-state index < -0.39 is 96.8 Å². The molecule has 0 unspecified atom stereocenters. The first-order chi connectivity index (χ1) is 71.4. The van der Waals surface area contributed by atoms with Crippen molar-refractivity contribution in [3.05, 3.63) is 257 Å². The van der Waals surface area contributed by atoms with Gasteiger partial charge in [0.25, 0.3) is 17.7 Å². The van der Waals surface area contributed by atoms with Crippen molar-refractivity contribution >= 4 is 140 Å².